The molecule has 0 aromatic carbocycles. The molecule has 2 spiro atoms. The van der Waals surface area contributed by atoms with Gasteiger partial charge < -0.3 is 29.2 Å². The van der Waals surface area contributed by atoms with Crippen molar-refractivity contribution in [1.29, 1.82) is 0 Å². The molecular weight excluding hydrogens is 576 g/mol. The van der Waals surface area contributed by atoms with E-state index in [0.29, 0.717) is 18.6 Å². The number of hydrogen-bond acceptors (Lipinski definition) is 9. The van der Waals surface area contributed by atoms with Gasteiger partial charge in [-0.1, -0.05) is 34.6 Å². The van der Waals surface area contributed by atoms with E-state index < -0.39 is 41.6 Å². The minimum Gasteiger partial charge on any atom is -0.457 e. The molecule has 45 heavy (non-hydrogen) atoms. The lowest BCUT2D eigenvalue weighted by molar-refractivity contribution is -0.223. The zero-order chi connectivity index (χ0) is 33.0. The standard InChI is InChI=1S/C36H56O9/c1-20-17-22(30(32(5,6)41)43-21(2)39)44-28-27(20)33(7)13-14-36-19-35(36)12-11-25(45-26(18-38)42-16-15-37)31(3,4)23(35)9-10-24(36)34(33,8)29(28)40/h18,20,22-28,30,37,41H,9-17,19H2,1-8H3. The third-order valence-electron chi connectivity index (χ3n) is 14.6. The number of hydrogen-bond donors (Lipinski definition) is 2. The van der Waals surface area contributed by atoms with Crippen molar-refractivity contribution in [3.8, 4) is 0 Å². The average molecular weight is 633 g/mol. The van der Waals surface area contributed by atoms with E-state index in [1.807, 2.05) is 0 Å². The first kappa shape index (κ1) is 33.5. The van der Waals surface area contributed by atoms with Gasteiger partial charge in [0.05, 0.1) is 31.0 Å². The van der Waals surface area contributed by atoms with Crippen molar-refractivity contribution in [3.05, 3.63) is 0 Å². The summed E-state index contributed by atoms with van der Waals surface area (Å²) in [5.41, 5.74) is -1.92. The smallest absolute Gasteiger partial charge is 0.303 e. The van der Waals surface area contributed by atoms with Crippen LogP contribution in [0, 0.1) is 50.7 Å². The second kappa shape index (κ2) is 10.8. The number of fused-ring (bicyclic) bond motifs is 4. The topological polar surface area (TPSA) is 129 Å². The van der Waals surface area contributed by atoms with E-state index >= 15 is 0 Å². The third-order valence-corrected chi connectivity index (χ3v) is 14.6. The van der Waals surface area contributed by atoms with Crippen molar-refractivity contribution in [1.82, 2.24) is 0 Å². The van der Waals surface area contributed by atoms with Crippen LogP contribution in [0.25, 0.3) is 0 Å². The maximum absolute atomic E-state index is 14.9. The van der Waals surface area contributed by atoms with E-state index in [2.05, 4.69) is 34.6 Å². The number of ether oxygens (including phenoxy) is 4. The van der Waals surface area contributed by atoms with Gasteiger partial charge in [0, 0.05) is 18.3 Å². The van der Waals surface area contributed by atoms with Gasteiger partial charge in [0.2, 0.25) is 6.29 Å². The summed E-state index contributed by atoms with van der Waals surface area (Å²) in [5, 5.41) is 20.1. The van der Waals surface area contributed by atoms with E-state index in [0.717, 1.165) is 44.9 Å². The molecule has 6 fully saturated rings. The number of carbonyl (C=O) groups is 3. The number of ketones is 1. The zero-order valence-corrected chi connectivity index (χ0v) is 28.6. The number of aldehydes is 1. The number of aliphatic hydroxyl groups is 2. The molecule has 9 nitrogen and oxygen atoms in total. The lowest BCUT2D eigenvalue weighted by atomic mass is 9.41. The van der Waals surface area contributed by atoms with Crippen molar-refractivity contribution in [2.45, 2.75) is 143 Å². The van der Waals surface area contributed by atoms with Gasteiger partial charge in [-0.15, -0.1) is 0 Å². The van der Waals surface area contributed by atoms with Crippen LogP contribution in [0.1, 0.15) is 107 Å². The van der Waals surface area contributed by atoms with Gasteiger partial charge >= 0.3 is 5.97 Å². The van der Waals surface area contributed by atoms with Gasteiger partial charge in [0.15, 0.2) is 18.2 Å². The lowest BCUT2D eigenvalue weighted by Crippen LogP contribution is -2.59. The highest BCUT2D eigenvalue weighted by Gasteiger charge is 2.85. The van der Waals surface area contributed by atoms with Crippen LogP contribution in [-0.2, 0) is 33.3 Å². The second-order valence-corrected chi connectivity index (χ2v) is 17.3. The van der Waals surface area contributed by atoms with Crippen molar-refractivity contribution in [2.24, 2.45) is 50.7 Å². The second-order valence-electron chi connectivity index (χ2n) is 17.3. The molecule has 0 amide bonds. The fraction of sp³-hybridized carbons (Fsp3) is 0.917. The molecule has 2 N–H and O–H groups in total. The Hall–Kier alpha value is -1.39. The Balaban J connectivity index is 1.27. The Morgan fingerprint density at radius 1 is 1.09 bits per heavy atom. The summed E-state index contributed by atoms with van der Waals surface area (Å²) in [6, 6.07) is 0. The molecule has 13 atom stereocenters. The highest BCUT2D eigenvalue weighted by molar-refractivity contribution is 5.93. The molecule has 6 aliphatic rings. The van der Waals surface area contributed by atoms with Gasteiger partial charge in [0.1, 0.15) is 6.10 Å². The maximum atomic E-state index is 14.9. The van der Waals surface area contributed by atoms with Crippen LogP contribution < -0.4 is 0 Å². The summed E-state index contributed by atoms with van der Waals surface area (Å²) in [7, 11) is 0. The minimum atomic E-state index is -1.31. The van der Waals surface area contributed by atoms with Gasteiger partial charge in [-0.05, 0) is 105 Å². The summed E-state index contributed by atoms with van der Waals surface area (Å²) in [5.74, 6) is 0.692. The molecule has 5 saturated carbocycles. The number of carbonyl (C=O) groups excluding carboxylic acids is 3. The normalized spacial score (nSPS) is 47.7. The van der Waals surface area contributed by atoms with E-state index in [9.17, 15) is 24.6 Å². The molecule has 6 rings (SSSR count). The monoisotopic (exact) mass is 632 g/mol. The number of Topliss-reactive ketones (excluding diaryl/α,β-unsaturated/α-hetero) is 1. The lowest BCUT2D eigenvalue weighted by Gasteiger charge is -2.62. The van der Waals surface area contributed by atoms with Crippen LogP contribution in [0.4, 0.5) is 0 Å². The summed E-state index contributed by atoms with van der Waals surface area (Å²) >= 11 is 0. The largest absolute Gasteiger partial charge is 0.457 e. The molecule has 0 radical (unpaired) electrons. The van der Waals surface area contributed by atoms with E-state index in [4.69, 9.17) is 18.9 Å². The van der Waals surface area contributed by atoms with Gasteiger partial charge in [0.25, 0.3) is 0 Å². The van der Waals surface area contributed by atoms with Gasteiger partial charge in [-0.2, -0.15) is 0 Å². The number of rotatable bonds is 9. The molecule has 1 aliphatic heterocycles. The Bertz CT molecular complexity index is 1210. The molecule has 5 aliphatic carbocycles. The average Bonchev–Trinajstić information content (AvgIpc) is 3.59. The zero-order valence-electron chi connectivity index (χ0n) is 28.6. The van der Waals surface area contributed by atoms with Crippen molar-refractivity contribution < 1.29 is 43.5 Å². The first-order valence-corrected chi connectivity index (χ1v) is 17.4. The van der Waals surface area contributed by atoms with Crippen LogP contribution in [-0.4, -0.2) is 77.8 Å². The molecule has 13 unspecified atom stereocenters. The Labute approximate surface area is 268 Å². The first-order chi connectivity index (χ1) is 20.9. The van der Waals surface area contributed by atoms with Gasteiger partial charge in [-0.3, -0.25) is 14.4 Å². The van der Waals surface area contributed by atoms with E-state index in [1.165, 1.54) is 6.92 Å². The summed E-state index contributed by atoms with van der Waals surface area (Å²) in [6.45, 7) is 15.9. The van der Waals surface area contributed by atoms with E-state index in [-0.39, 0.29) is 64.5 Å². The summed E-state index contributed by atoms with van der Waals surface area (Å²) in [4.78, 5) is 38.6. The molecule has 9 heteroatoms. The van der Waals surface area contributed by atoms with Crippen molar-refractivity contribution in [2.75, 3.05) is 13.2 Å². The predicted octanol–water partition coefficient (Wildman–Crippen LogP) is 4.63. The molecule has 1 saturated heterocycles. The highest BCUT2D eigenvalue weighted by atomic mass is 16.7. The molecule has 0 bridgehead atoms. The van der Waals surface area contributed by atoms with E-state index in [1.54, 1.807) is 13.8 Å². The predicted molar refractivity (Wildman–Crippen MR) is 165 cm³/mol. The van der Waals surface area contributed by atoms with Crippen LogP contribution in [0.3, 0.4) is 0 Å². The van der Waals surface area contributed by atoms with Gasteiger partial charge in [-0.25, -0.2) is 0 Å². The maximum Gasteiger partial charge on any atom is 0.303 e. The number of esters is 1. The fourth-order valence-corrected chi connectivity index (χ4v) is 12.7. The molecule has 1 heterocycles. The van der Waals surface area contributed by atoms with Crippen LogP contribution >= 0.6 is 0 Å². The first-order valence-electron chi connectivity index (χ1n) is 17.4. The van der Waals surface area contributed by atoms with Crippen molar-refractivity contribution >= 4 is 18.0 Å². The quantitative estimate of drug-likeness (QED) is 0.212. The molecule has 254 valence electrons. The Morgan fingerprint density at radius 2 is 1.76 bits per heavy atom. The molecule has 0 aromatic heterocycles. The third kappa shape index (κ3) is 4.53. The summed E-state index contributed by atoms with van der Waals surface area (Å²) in [6.07, 6.45) is 5.35. The fourth-order valence-electron chi connectivity index (χ4n) is 12.7. The van der Waals surface area contributed by atoms with Crippen LogP contribution in [0.2, 0.25) is 0 Å². The number of aliphatic hydroxyl groups excluding tert-OH is 1. The molecular formula is C36H56O9. The Morgan fingerprint density at radius 3 is 2.38 bits per heavy atom. The van der Waals surface area contributed by atoms with Crippen LogP contribution in [0.15, 0.2) is 0 Å². The Kier molecular flexibility index (Phi) is 8.05. The molecule has 0 aromatic rings. The minimum absolute atomic E-state index is 0.0628. The highest BCUT2D eigenvalue weighted by Crippen LogP contribution is 2.89. The summed E-state index contributed by atoms with van der Waals surface area (Å²) < 4.78 is 24.0. The van der Waals surface area contributed by atoms with Crippen molar-refractivity contribution in [3.63, 3.8) is 0 Å². The van der Waals surface area contributed by atoms with Crippen LogP contribution in [0.5, 0.6) is 0 Å². The SMILES string of the molecule is CC(=O)OC(C1CC(C)C2C(O1)C(=O)C1(C)C3CCC4C(C)(C)C(OC(C=O)OCCO)CCC45CC35CCC21C)C(C)(C)O.